The molecule has 8 heteroatoms. The van der Waals surface area contributed by atoms with Gasteiger partial charge in [-0.15, -0.1) is 0 Å². The Morgan fingerprint density at radius 3 is 2.47 bits per heavy atom. The zero-order valence-electron chi connectivity index (χ0n) is 17.1. The monoisotopic (exact) mass is 442 g/mol. The molecule has 1 fully saturated rings. The maximum atomic E-state index is 12.9. The van der Waals surface area contributed by atoms with Gasteiger partial charge in [-0.05, 0) is 54.8 Å². The molecule has 4 rings (SSSR count). The average Bonchev–Trinajstić information content (AvgIpc) is 3.49. The van der Waals surface area contributed by atoms with E-state index in [-0.39, 0.29) is 29.5 Å². The number of amides is 2. The van der Waals surface area contributed by atoms with Gasteiger partial charge in [0.05, 0.1) is 5.56 Å². The molecule has 166 valence electrons. The van der Waals surface area contributed by atoms with Gasteiger partial charge in [-0.2, -0.15) is 13.2 Å². The molecule has 0 bridgehead atoms. The van der Waals surface area contributed by atoms with E-state index in [4.69, 9.17) is 4.42 Å². The lowest BCUT2D eigenvalue weighted by molar-refractivity contribution is -0.137. The second-order valence-electron chi connectivity index (χ2n) is 7.62. The third kappa shape index (κ3) is 4.85. The number of carbonyl (C=O) groups is 2. The summed E-state index contributed by atoms with van der Waals surface area (Å²) in [6, 6.07) is 14.7. The van der Waals surface area contributed by atoms with E-state index in [1.54, 1.807) is 24.3 Å². The average molecular weight is 442 g/mol. The normalized spacial score (nSPS) is 13.9. The molecule has 0 radical (unpaired) electrons. The fourth-order valence-corrected chi connectivity index (χ4v) is 3.65. The van der Waals surface area contributed by atoms with Crippen LogP contribution in [-0.4, -0.2) is 29.8 Å². The van der Waals surface area contributed by atoms with Crippen LogP contribution in [0.1, 0.15) is 44.9 Å². The summed E-state index contributed by atoms with van der Waals surface area (Å²) in [5, 5.41) is 2.71. The molecule has 1 N–H and O–H groups in total. The summed E-state index contributed by atoms with van der Waals surface area (Å²) in [4.78, 5) is 26.8. The molecule has 0 aliphatic carbocycles. The predicted octanol–water partition coefficient (Wildman–Crippen LogP) is 5.13. The highest BCUT2D eigenvalue weighted by molar-refractivity contribution is 5.95. The predicted molar refractivity (Wildman–Crippen MR) is 112 cm³/mol. The van der Waals surface area contributed by atoms with Gasteiger partial charge in [0, 0.05) is 30.8 Å². The van der Waals surface area contributed by atoms with E-state index in [9.17, 15) is 22.8 Å². The summed E-state index contributed by atoms with van der Waals surface area (Å²) in [6.45, 7) is 1.69. The van der Waals surface area contributed by atoms with Crippen LogP contribution in [0, 0.1) is 0 Å². The molecule has 5 nitrogen and oxygen atoms in total. The lowest BCUT2D eigenvalue weighted by atomic mass is 10.1. The van der Waals surface area contributed by atoms with E-state index in [0.717, 1.165) is 43.6 Å². The molecule has 1 aliphatic rings. The summed E-state index contributed by atoms with van der Waals surface area (Å²) < 4.78 is 44.3. The van der Waals surface area contributed by atoms with Gasteiger partial charge in [-0.25, -0.2) is 0 Å². The van der Waals surface area contributed by atoms with Crippen molar-refractivity contribution < 1.29 is 27.2 Å². The molecule has 1 saturated heterocycles. The smallest absolute Gasteiger partial charge is 0.416 e. The van der Waals surface area contributed by atoms with Crippen molar-refractivity contribution in [3.63, 3.8) is 0 Å². The zero-order chi connectivity index (χ0) is 22.7. The lowest BCUT2D eigenvalue weighted by Crippen LogP contribution is -2.28. The number of benzene rings is 2. The van der Waals surface area contributed by atoms with E-state index in [1.807, 2.05) is 4.90 Å². The van der Waals surface area contributed by atoms with E-state index < -0.39 is 17.6 Å². The van der Waals surface area contributed by atoms with Crippen LogP contribution in [0.5, 0.6) is 0 Å². The van der Waals surface area contributed by atoms with Crippen LogP contribution in [0.2, 0.25) is 0 Å². The van der Waals surface area contributed by atoms with Gasteiger partial charge in [-0.3, -0.25) is 9.59 Å². The summed E-state index contributed by atoms with van der Waals surface area (Å²) >= 11 is 0. The number of hydrogen-bond donors (Lipinski definition) is 1. The maximum absolute atomic E-state index is 12.9. The summed E-state index contributed by atoms with van der Waals surface area (Å²) in [5.41, 5.74) is 0.768. The molecule has 2 amide bonds. The number of nitrogens with one attached hydrogen (secondary N) is 1. The van der Waals surface area contributed by atoms with E-state index in [2.05, 4.69) is 5.32 Å². The van der Waals surface area contributed by atoms with Crippen LogP contribution < -0.4 is 5.32 Å². The summed E-state index contributed by atoms with van der Waals surface area (Å²) in [5.74, 6) is -0.367. The Balaban J connectivity index is 1.41. The number of furan rings is 1. The van der Waals surface area contributed by atoms with Gasteiger partial charge >= 0.3 is 6.18 Å². The number of rotatable bonds is 5. The Bertz CT molecular complexity index is 1130. The highest BCUT2D eigenvalue weighted by Crippen LogP contribution is 2.32. The summed E-state index contributed by atoms with van der Waals surface area (Å²) in [7, 11) is 0. The van der Waals surface area contributed by atoms with Gasteiger partial charge in [0.15, 0.2) is 5.76 Å². The Morgan fingerprint density at radius 1 is 0.969 bits per heavy atom. The fraction of sp³-hybridized carbons (Fsp3) is 0.250. The molecule has 0 atom stereocenters. The Labute approximate surface area is 182 Å². The molecule has 2 heterocycles. The van der Waals surface area contributed by atoms with Crippen molar-refractivity contribution in [1.82, 2.24) is 10.2 Å². The number of alkyl halides is 3. The second-order valence-corrected chi connectivity index (χ2v) is 7.62. The number of halogens is 3. The van der Waals surface area contributed by atoms with Crippen molar-refractivity contribution in [3.8, 4) is 11.3 Å². The summed E-state index contributed by atoms with van der Waals surface area (Å²) in [6.07, 6.45) is -2.45. The minimum atomic E-state index is -4.46. The molecule has 1 aromatic heterocycles. The van der Waals surface area contributed by atoms with Crippen molar-refractivity contribution in [2.45, 2.75) is 25.6 Å². The van der Waals surface area contributed by atoms with Crippen molar-refractivity contribution in [2.75, 3.05) is 13.1 Å². The first-order chi connectivity index (χ1) is 15.3. The van der Waals surface area contributed by atoms with Crippen LogP contribution in [0.3, 0.4) is 0 Å². The Morgan fingerprint density at radius 2 is 1.72 bits per heavy atom. The minimum Gasteiger partial charge on any atom is -0.451 e. The van der Waals surface area contributed by atoms with Gasteiger partial charge in [0.25, 0.3) is 11.8 Å². The Kier molecular flexibility index (Phi) is 6.03. The van der Waals surface area contributed by atoms with Crippen LogP contribution in [0.15, 0.2) is 65.1 Å². The van der Waals surface area contributed by atoms with E-state index >= 15 is 0 Å². The molecule has 2 aromatic carbocycles. The number of nitrogens with zero attached hydrogens (tertiary/aromatic N) is 1. The first kappa shape index (κ1) is 21.7. The zero-order valence-corrected chi connectivity index (χ0v) is 17.1. The SMILES string of the molecule is O=C(NCc1cccc(C(=O)N2CCCC2)c1)c1ccc(-c2cccc(C(F)(F)F)c2)o1. The standard InChI is InChI=1S/C24H21F3N2O3/c25-24(26,27)19-8-4-6-17(14-19)20-9-10-21(32-20)22(30)28-15-16-5-3-7-18(13-16)23(31)29-11-1-2-12-29/h3-10,13-14H,1-2,11-12,15H2,(H,28,30). The van der Waals surface area contributed by atoms with E-state index in [0.29, 0.717) is 5.56 Å². The van der Waals surface area contributed by atoms with Gasteiger partial charge in [-0.1, -0.05) is 24.3 Å². The molecule has 3 aromatic rings. The topological polar surface area (TPSA) is 62.6 Å². The molecule has 1 aliphatic heterocycles. The van der Waals surface area contributed by atoms with Gasteiger partial charge in [0.2, 0.25) is 0 Å². The highest BCUT2D eigenvalue weighted by atomic mass is 19.4. The first-order valence-corrected chi connectivity index (χ1v) is 10.3. The molecule has 0 unspecified atom stereocenters. The van der Waals surface area contributed by atoms with Crippen LogP contribution in [-0.2, 0) is 12.7 Å². The van der Waals surface area contributed by atoms with Crippen LogP contribution in [0.4, 0.5) is 13.2 Å². The lowest BCUT2D eigenvalue weighted by Gasteiger charge is -2.15. The molecular weight excluding hydrogens is 421 g/mol. The van der Waals surface area contributed by atoms with Crippen molar-refractivity contribution in [3.05, 3.63) is 83.1 Å². The third-order valence-corrected chi connectivity index (χ3v) is 5.32. The second kappa shape index (κ2) is 8.90. The van der Waals surface area contributed by atoms with Crippen LogP contribution >= 0.6 is 0 Å². The largest absolute Gasteiger partial charge is 0.451 e. The maximum Gasteiger partial charge on any atom is 0.416 e. The highest BCUT2D eigenvalue weighted by Gasteiger charge is 2.30. The van der Waals surface area contributed by atoms with E-state index in [1.165, 1.54) is 24.3 Å². The van der Waals surface area contributed by atoms with Crippen LogP contribution in [0.25, 0.3) is 11.3 Å². The minimum absolute atomic E-state index is 0.0123. The van der Waals surface area contributed by atoms with Crippen molar-refractivity contribution in [1.29, 1.82) is 0 Å². The number of carbonyl (C=O) groups excluding carboxylic acids is 2. The third-order valence-electron chi connectivity index (χ3n) is 5.32. The quantitative estimate of drug-likeness (QED) is 0.596. The molecular formula is C24H21F3N2O3. The van der Waals surface area contributed by atoms with Crippen molar-refractivity contribution >= 4 is 11.8 Å². The first-order valence-electron chi connectivity index (χ1n) is 10.3. The van der Waals surface area contributed by atoms with Gasteiger partial charge in [0.1, 0.15) is 5.76 Å². The fourth-order valence-electron chi connectivity index (χ4n) is 3.65. The molecule has 32 heavy (non-hydrogen) atoms. The van der Waals surface area contributed by atoms with Crippen molar-refractivity contribution in [2.24, 2.45) is 0 Å². The van der Waals surface area contributed by atoms with Gasteiger partial charge < -0.3 is 14.6 Å². The Hall–Kier alpha value is -3.55. The number of hydrogen-bond acceptors (Lipinski definition) is 3. The molecule has 0 saturated carbocycles. The molecule has 0 spiro atoms. The number of likely N-dealkylation sites (tertiary alicyclic amines) is 1.